The van der Waals surface area contributed by atoms with E-state index in [0.29, 0.717) is 6.54 Å². The average molecular weight is 292 g/mol. The van der Waals surface area contributed by atoms with Gasteiger partial charge in [0, 0.05) is 25.8 Å². The van der Waals surface area contributed by atoms with E-state index in [-0.39, 0.29) is 6.03 Å². The van der Waals surface area contributed by atoms with E-state index in [4.69, 9.17) is 0 Å². The third-order valence-corrected chi connectivity index (χ3v) is 3.99. The highest BCUT2D eigenvalue weighted by atomic mass is 16.2. The second kappa shape index (κ2) is 8.70. The zero-order valence-corrected chi connectivity index (χ0v) is 13.2. The third-order valence-electron chi connectivity index (χ3n) is 3.99. The van der Waals surface area contributed by atoms with Gasteiger partial charge in [-0.25, -0.2) is 4.79 Å². The molecular formula is C16H28N4O. The molecule has 0 saturated carbocycles. The summed E-state index contributed by atoms with van der Waals surface area (Å²) >= 11 is 0. The minimum absolute atomic E-state index is 0.0741. The van der Waals surface area contributed by atoms with Crippen molar-refractivity contribution in [2.45, 2.75) is 58.4 Å². The van der Waals surface area contributed by atoms with Gasteiger partial charge in [0.05, 0.1) is 12.2 Å². The summed E-state index contributed by atoms with van der Waals surface area (Å²) in [6.45, 7) is 5.40. The van der Waals surface area contributed by atoms with Crippen LogP contribution < -0.4 is 5.32 Å². The van der Waals surface area contributed by atoms with E-state index in [1.165, 1.54) is 25.7 Å². The monoisotopic (exact) mass is 292 g/mol. The van der Waals surface area contributed by atoms with Crippen molar-refractivity contribution in [3.8, 4) is 0 Å². The summed E-state index contributed by atoms with van der Waals surface area (Å²) in [6, 6.07) is 2.16. The highest BCUT2D eigenvalue weighted by molar-refractivity contribution is 5.74. The number of hydrogen-bond donors (Lipinski definition) is 1. The minimum atomic E-state index is 0.0741. The van der Waals surface area contributed by atoms with Gasteiger partial charge in [0.2, 0.25) is 0 Å². The number of rotatable bonds is 7. The van der Waals surface area contributed by atoms with Crippen LogP contribution >= 0.6 is 0 Å². The number of urea groups is 1. The molecule has 0 radical (unpaired) electrons. The smallest absolute Gasteiger partial charge is 0.317 e. The first-order valence-corrected chi connectivity index (χ1v) is 8.34. The molecule has 1 aliphatic rings. The molecule has 5 heteroatoms. The second-order valence-corrected chi connectivity index (χ2v) is 5.81. The molecule has 0 atom stereocenters. The minimum Gasteiger partial charge on any atom is -0.336 e. The molecule has 2 heterocycles. The number of nitrogens with zero attached hydrogens (tertiary/aromatic N) is 3. The van der Waals surface area contributed by atoms with Gasteiger partial charge in [-0.2, -0.15) is 5.10 Å². The van der Waals surface area contributed by atoms with Crippen molar-refractivity contribution in [2.24, 2.45) is 0 Å². The van der Waals surface area contributed by atoms with Crippen LogP contribution in [0, 0.1) is 0 Å². The highest BCUT2D eigenvalue weighted by Crippen LogP contribution is 2.08. The molecule has 0 spiro atoms. The fourth-order valence-corrected chi connectivity index (χ4v) is 2.70. The summed E-state index contributed by atoms with van der Waals surface area (Å²) in [7, 11) is 0. The summed E-state index contributed by atoms with van der Waals surface area (Å²) < 4.78 is 1.93. The van der Waals surface area contributed by atoms with Gasteiger partial charge in [-0.1, -0.05) is 19.8 Å². The highest BCUT2D eigenvalue weighted by Gasteiger charge is 2.15. The summed E-state index contributed by atoms with van der Waals surface area (Å²) in [5.74, 6) is 0. The number of aryl methyl sites for hydroxylation is 1. The van der Waals surface area contributed by atoms with E-state index in [1.807, 2.05) is 15.8 Å². The Labute approximate surface area is 127 Å². The van der Waals surface area contributed by atoms with Crippen LogP contribution in [0.3, 0.4) is 0 Å². The molecule has 0 unspecified atom stereocenters. The van der Waals surface area contributed by atoms with E-state index < -0.39 is 0 Å². The Bertz CT molecular complexity index is 424. The third kappa shape index (κ3) is 5.40. The lowest BCUT2D eigenvalue weighted by Gasteiger charge is -2.26. The van der Waals surface area contributed by atoms with E-state index in [1.54, 1.807) is 0 Å². The van der Waals surface area contributed by atoms with E-state index in [0.717, 1.165) is 44.6 Å². The SMILES string of the molecule is CCCCCc1ccn(CCNC(=O)N2CCCCC2)n1. The van der Waals surface area contributed by atoms with Crippen molar-refractivity contribution in [1.29, 1.82) is 0 Å². The molecule has 21 heavy (non-hydrogen) atoms. The molecule has 2 rings (SSSR count). The van der Waals surface area contributed by atoms with Crippen LogP contribution in [0.25, 0.3) is 0 Å². The van der Waals surface area contributed by atoms with Crippen LogP contribution in [0.4, 0.5) is 4.79 Å². The normalized spacial score (nSPS) is 15.2. The molecule has 1 aliphatic heterocycles. The number of piperidine rings is 1. The van der Waals surface area contributed by atoms with Gasteiger partial charge in [0.1, 0.15) is 0 Å². The summed E-state index contributed by atoms with van der Waals surface area (Å²) in [5.41, 5.74) is 1.16. The van der Waals surface area contributed by atoms with Crippen molar-refractivity contribution in [3.63, 3.8) is 0 Å². The van der Waals surface area contributed by atoms with Crippen molar-refractivity contribution >= 4 is 6.03 Å². The van der Waals surface area contributed by atoms with Crippen LogP contribution in [-0.2, 0) is 13.0 Å². The number of likely N-dealkylation sites (tertiary alicyclic amines) is 1. The Balaban J connectivity index is 1.64. The van der Waals surface area contributed by atoms with Crippen molar-refractivity contribution in [3.05, 3.63) is 18.0 Å². The lowest BCUT2D eigenvalue weighted by Crippen LogP contribution is -2.43. The van der Waals surface area contributed by atoms with Gasteiger partial charge in [0.25, 0.3) is 0 Å². The van der Waals surface area contributed by atoms with Gasteiger partial charge < -0.3 is 10.2 Å². The molecule has 2 amide bonds. The number of hydrogen-bond acceptors (Lipinski definition) is 2. The molecule has 0 aliphatic carbocycles. The molecule has 1 aromatic rings. The van der Waals surface area contributed by atoms with Crippen LogP contribution in [0.5, 0.6) is 0 Å². The van der Waals surface area contributed by atoms with Gasteiger partial charge in [0.15, 0.2) is 0 Å². The molecule has 1 saturated heterocycles. The number of carbonyl (C=O) groups is 1. The first-order valence-electron chi connectivity index (χ1n) is 8.34. The first kappa shape index (κ1) is 15.9. The Kier molecular flexibility index (Phi) is 6.57. The van der Waals surface area contributed by atoms with E-state index in [2.05, 4.69) is 23.4 Å². The van der Waals surface area contributed by atoms with E-state index >= 15 is 0 Å². The molecule has 0 bridgehead atoms. The quantitative estimate of drug-likeness (QED) is 0.786. The van der Waals surface area contributed by atoms with Crippen molar-refractivity contribution < 1.29 is 4.79 Å². The van der Waals surface area contributed by atoms with Gasteiger partial charge >= 0.3 is 6.03 Å². The standard InChI is InChI=1S/C16H28N4O/c1-2-3-5-8-15-9-13-20(18-15)14-10-17-16(21)19-11-6-4-7-12-19/h9,13H,2-8,10-12,14H2,1H3,(H,17,21). The van der Waals surface area contributed by atoms with Gasteiger partial charge in [-0.15, -0.1) is 0 Å². The molecule has 1 fully saturated rings. The maximum atomic E-state index is 12.0. The summed E-state index contributed by atoms with van der Waals surface area (Å²) in [4.78, 5) is 13.9. The Hall–Kier alpha value is -1.52. The first-order chi connectivity index (χ1) is 10.3. The fraction of sp³-hybridized carbons (Fsp3) is 0.750. The topological polar surface area (TPSA) is 50.2 Å². The number of amides is 2. The zero-order chi connectivity index (χ0) is 14.9. The van der Waals surface area contributed by atoms with Crippen molar-refractivity contribution in [2.75, 3.05) is 19.6 Å². The van der Waals surface area contributed by atoms with E-state index in [9.17, 15) is 4.79 Å². The van der Waals surface area contributed by atoms with Gasteiger partial charge in [-0.05, 0) is 38.2 Å². The average Bonchev–Trinajstić information content (AvgIpc) is 2.96. The van der Waals surface area contributed by atoms with Crippen LogP contribution in [-0.4, -0.2) is 40.3 Å². The zero-order valence-electron chi connectivity index (χ0n) is 13.2. The fourth-order valence-electron chi connectivity index (χ4n) is 2.70. The van der Waals surface area contributed by atoms with Crippen LogP contribution in [0.1, 0.15) is 51.1 Å². The maximum Gasteiger partial charge on any atom is 0.317 e. The van der Waals surface area contributed by atoms with Crippen molar-refractivity contribution in [1.82, 2.24) is 20.0 Å². The largest absolute Gasteiger partial charge is 0.336 e. The maximum absolute atomic E-state index is 12.0. The number of unbranched alkanes of at least 4 members (excludes halogenated alkanes) is 2. The molecular weight excluding hydrogens is 264 g/mol. The molecule has 5 nitrogen and oxygen atoms in total. The predicted molar refractivity (Wildman–Crippen MR) is 84.3 cm³/mol. The summed E-state index contributed by atoms with van der Waals surface area (Å²) in [6.07, 6.45) is 10.3. The lowest BCUT2D eigenvalue weighted by molar-refractivity contribution is 0.186. The number of aromatic nitrogens is 2. The molecule has 1 N–H and O–H groups in total. The Morgan fingerprint density at radius 1 is 1.29 bits per heavy atom. The van der Waals surface area contributed by atoms with Gasteiger partial charge in [-0.3, -0.25) is 4.68 Å². The lowest BCUT2D eigenvalue weighted by atomic mass is 10.1. The van der Waals surface area contributed by atoms with Crippen LogP contribution in [0.2, 0.25) is 0 Å². The molecule has 118 valence electrons. The predicted octanol–water partition coefficient (Wildman–Crippen LogP) is 2.81. The molecule has 0 aromatic carbocycles. The Morgan fingerprint density at radius 3 is 2.86 bits per heavy atom. The molecule has 1 aromatic heterocycles. The Morgan fingerprint density at radius 2 is 2.10 bits per heavy atom. The summed E-state index contributed by atoms with van der Waals surface area (Å²) in [5, 5.41) is 7.53. The number of nitrogens with one attached hydrogen (secondary N) is 1. The number of carbonyl (C=O) groups excluding carboxylic acids is 1. The van der Waals surface area contributed by atoms with Crippen LogP contribution in [0.15, 0.2) is 12.3 Å². The second-order valence-electron chi connectivity index (χ2n) is 5.81.